The number of benzene rings is 2. The van der Waals surface area contributed by atoms with E-state index in [2.05, 4.69) is 37.4 Å². The molecule has 112 valence electrons. The van der Waals surface area contributed by atoms with E-state index >= 15 is 0 Å². The van der Waals surface area contributed by atoms with Crippen LogP contribution < -0.4 is 9.47 Å². The van der Waals surface area contributed by atoms with Gasteiger partial charge in [0.05, 0.1) is 22.3 Å². The standard InChI is InChI=1S/C18H24O2Si/c1-19-17-9-5-15(6-10-17)13-21(3,4)14-16-7-11-18(20-2)12-8-16/h5-12H,13-14H2,1-4H3. The molecule has 0 bridgehead atoms. The van der Waals surface area contributed by atoms with Crippen LogP contribution >= 0.6 is 0 Å². The van der Waals surface area contributed by atoms with E-state index in [1.807, 2.05) is 24.3 Å². The summed E-state index contributed by atoms with van der Waals surface area (Å²) in [5, 5.41) is 0. The van der Waals surface area contributed by atoms with E-state index in [-0.39, 0.29) is 0 Å². The third kappa shape index (κ3) is 4.64. The zero-order chi connectivity index (χ0) is 15.3. The van der Waals surface area contributed by atoms with Crippen molar-refractivity contribution in [2.45, 2.75) is 25.2 Å². The van der Waals surface area contributed by atoms with E-state index in [0.717, 1.165) is 11.5 Å². The van der Waals surface area contributed by atoms with Crippen LogP contribution in [-0.2, 0) is 12.1 Å². The van der Waals surface area contributed by atoms with E-state index in [0.29, 0.717) is 0 Å². The van der Waals surface area contributed by atoms with Gasteiger partial charge < -0.3 is 9.47 Å². The lowest BCUT2D eigenvalue weighted by molar-refractivity contribution is 0.414. The lowest BCUT2D eigenvalue weighted by Crippen LogP contribution is -2.32. The second-order valence-corrected chi connectivity index (χ2v) is 11.2. The largest absolute Gasteiger partial charge is 0.497 e. The van der Waals surface area contributed by atoms with E-state index in [9.17, 15) is 0 Å². The van der Waals surface area contributed by atoms with Crippen molar-refractivity contribution in [1.29, 1.82) is 0 Å². The maximum absolute atomic E-state index is 5.22. The average molecular weight is 300 g/mol. The van der Waals surface area contributed by atoms with Gasteiger partial charge in [-0.2, -0.15) is 0 Å². The number of ether oxygens (including phenoxy) is 2. The first-order chi connectivity index (χ1) is 10.0. The molecule has 0 saturated heterocycles. The predicted molar refractivity (Wildman–Crippen MR) is 90.9 cm³/mol. The van der Waals surface area contributed by atoms with Gasteiger partial charge >= 0.3 is 0 Å². The lowest BCUT2D eigenvalue weighted by Gasteiger charge is -2.23. The maximum Gasteiger partial charge on any atom is 0.118 e. The highest BCUT2D eigenvalue weighted by Crippen LogP contribution is 2.21. The molecule has 0 aromatic heterocycles. The summed E-state index contributed by atoms with van der Waals surface area (Å²) in [6.07, 6.45) is 0. The topological polar surface area (TPSA) is 18.5 Å². The van der Waals surface area contributed by atoms with Gasteiger partial charge in [-0.3, -0.25) is 0 Å². The van der Waals surface area contributed by atoms with Gasteiger partial charge in [0.2, 0.25) is 0 Å². The van der Waals surface area contributed by atoms with Crippen molar-refractivity contribution in [3.05, 3.63) is 59.7 Å². The van der Waals surface area contributed by atoms with Crippen LogP contribution in [0.15, 0.2) is 48.5 Å². The second kappa shape index (κ2) is 6.81. The molecule has 0 aliphatic carbocycles. The molecule has 0 amide bonds. The van der Waals surface area contributed by atoms with E-state index in [1.165, 1.54) is 23.2 Å². The summed E-state index contributed by atoms with van der Waals surface area (Å²) in [6.45, 7) is 4.89. The summed E-state index contributed by atoms with van der Waals surface area (Å²) in [7, 11) is 2.09. The van der Waals surface area contributed by atoms with Gasteiger partial charge in [0.25, 0.3) is 0 Å². The zero-order valence-corrected chi connectivity index (χ0v) is 14.3. The molecule has 0 aliphatic heterocycles. The number of hydrogen-bond acceptors (Lipinski definition) is 2. The second-order valence-electron chi connectivity index (χ2n) is 6.21. The summed E-state index contributed by atoms with van der Waals surface area (Å²) < 4.78 is 10.4. The monoisotopic (exact) mass is 300 g/mol. The summed E-state index contributed by atoms with van der Waals surface area (Å²) >= 11 is 0. The molecule has 0 saturated carbocycles. The van der Waals surface area contributed by atoms with Crippen LogP contribution in [0.2, 0.25) is 13.1 Å². The molecular weight excluding hydrogens is 276 g/mol. The quantitative estimate of drug-likeness (QED) is 0.742. The molecule has 2 rings (SSSR count). The summed E-state index contributed by atoms with van der Waals surface area (Å²) in [5.41, 5.74) is 2.81. The normalized spacial score (nSPS) is 11.2. The fraction of sp³-hybridized carbons (Fsp3) is 0.333. The minimum atomic E-state index is -1.32. The van der Waals surface area contributed by atoms with Crippen molar-refractivity contribution in [2.24, 2.45) is 0 Å². The predicted octanol–water partition coefficient (Wildman–Crippen LogP) is 4.28. The lowest BCUT2D eigenvalue weighted by atomic mass is 10.2. The van der Waals surface area contributed by atoms with Crippen molar-refractivity contribution >= 4 is 8.07 Å². The molecule has 0 heterocycles. The Balaban J connectivity index is 2.02. The highest BCUT2D eigenvalue weighted by Gasteiger charge is 2.21. The molecule has 0 atom stereocenters. The van der Waals surface area contributed by atoms with Gasteiger partial charge in [-0.05, 0) is 36.4 Å². The van der Waals surface area contributed by atoms with Crippen LogP contribution in [0, 0.1) is 0 Å². The van der Waals surface area contributed by atoms with Crippen LogP contribution in [0.25, 0.3) is 0 Å². The number of rotatable bonds is 6. The first-order valence-electron chi connectivity index (χ1n) is 7.28. The molecule has 0 N–H and O–H groups in total. The molecule has 0 radical (unpaired) electrons. The van der Waals surface area contributed by atoms with Crippen LogP contribution in [0.1, 0.15) is 11.1 Å². The molecule has 0 aliphatic rings. The molecule has 2 aromatic carbocycles. The molecular formula is C18H24O2Si. The minimum Gasteiger partial charge on any atom is -0.497 e. The van der Waals surface area contributed by atoms with Crippen molar-refractivity contribution in [3.63, 3.8) is 0 Å². The van der Waals surface area contributed by atoms with Gasteiger partial charge in [0, 0.05) is 0 Å². The molecule has 2 nitrogen and oxygen atoms in total. The van der Waals surface area contributed by atoms with Crippen LogP contribution in [0.3, 0.4) is 0 Å². The van der Waals surface area contributed by atoms with Crippen molar-refractivity contribution in [1.82, 2.24) is 0 Å². The number of hydrogen-bond donors (Lipinski definition) is 0. The highest BCUT2D eigenvalue weighted by molar-refractivity contribution is 6.76. The van der Waals surface area contributed by atoms with Gasteiger partial charge in [-0.1, -0.05) is 48.5 Å². The Bertz CT molecular complexity index is 507. The molecule has 0 fully saturated rings. The van der Waals surface area contributed by atoms with Crippen LogP contribution in [0.5, 0.6) is 11.5 Å². The van der Waals surface area contributed by atoms with Crippen LogP contribution in [-0.4, -0.2) is 22.3 Å². The summed E-state index contributed by atoms with van der Waals surface area (Å²) in [5.74, 6) is 1.85. The van der Waals surface area contributed by atoms with E-state index in [4.69, 9.17) is 9.47 Å². The first-order valence-corrected chi connectivity index (χ1v) is 10.7. The van der Waals surface area contributed by atoms with Crippen molar-refractivity contribution < 1.29 is 9.47 Å². The van der Waals surface area contributed by atoms with Crippen LogP contribution in [0.4, 0.5) is 0 Å². The van der Waals surface area contributed by atoms with Gasteiger partial charge in [-0.15, -0.1) is 0 Å². The Hall–Kier alpha value is -1.74. The molecule has 0 unspecified atom stereocenters. The molecule has 21 heavy (non-hydrogen) atoms. The van der Waals surface area contributed by atoms with E-state index < -0.39 is 8.07 Å². The summed E-state index contributed by atoms with van der Waals surface area (Å²) in [4.78, 5) is 0. The van der Waals surface area contributed by atoms with Gasteiger partial charge in [0.15, 0.2) is 0 Å². The van der Waals surface area contributed by atoms with Gasteiger partial charge in [-0.25, -0.2) is 0 Å². The van der Waals surface area contributed by atoms with Gasteiger partial charge in [0.1, 0.15) is 11.5 Å². The molecule has 3 heteroatoms. The fourth-order valence-corrected chi connectivity index (χ4v) is 5.46. The Morgan fingerprint density at radius 2 is 1.00 bits per heavy atom. The maximum atomic E-state index is 5.22. The van der Waals surface area contributed by atoms with E-state index in [1.54, 1.807) is 14.2 Å². The Kier molecular flexibility index (Phi) is 5.07. The Morgan fingerprint density at radius 3 is 1.29 bits per heavy atom. The third-order valence-corrected chi connectivity index (χ3v) is 6.41. The zero-order valence-electron chi connectivity index (χ0n) is 13.3. The molecule has 0 spiro atoms. The third-order valence-electron chi connectivity index (χ3n) is 3.68. The average Bonchev–Trinajstić information content (AvgIpc) is 2.48. The molecule has 2 aromatic rings. The number of methoxy groups -OCH3 is 2. The van der Waals surface area contributed by atoms with Crippen molar-refractivity contribution in [3.8, 4) is 11.5 Å². The SMILES string of the molecule is COc1ccc(C[Si](C)(C)Cc2ccc(OC)cc2)cc1. The van der Waals surface area contributed by atoms with Crippen molar-refractivity contribution in [2.75, 3.05) is 14.2 Å². The Morgan fingerprint density at radius 1 is 0.667 bits per heavy atom. The first kappa shape index (κ1) is 15.6. The Labute approximate surface area is 128 Å². The minimum absolute atomic E-state index is 0.924. The summed E-state index contributed by atoms with van der Waals surface area (Å²) in [6, 6.07) is 19.3. The fourth-order valence-electron chi connectivity index (χ4n) is 2.65. The smallest absolute Gasteiger partial charge is 0.118 e. The highest BCUT2D eigenvalue weighted by atomic mass is 28.3.